The Hall–Kier alpha value is -2.65. The number of fused-ring (bicyclic) bond motifs is 1. The van der Waals surface area contributed by atoms with E-state index < -0.39 is 22.0 Å². The molecular weight excluding hydrogens is 434 g/mol. The van der Waals surface area contributed by atoms with Crippen LogP contribution in [0.15, 0.2) is 47.3 Å². The maximum Gasteiger partial charge on any atom is 0.308 e. The third-order valence-corrected chi connectivity index (χ3v) is 7.11. The van der Waals surface area contributed by atoms with Crippen molar-refractivity contribution in [1.82, 2.24) is 4.57 Å². The molecule has 0 aliphatic heterocycles. The predicted octanol–water partition coefficient (Wildman–Crippen LogP) is 4.14. The lowest BCUT2D eigenvalue weighted by atomic mass is 10.1. The Morgan fingerprint density at radius 3 is 2.35 bits per heavy atom. The number of thiazole rings is 1. The number of carbonyl (C=O) groups is 1. The molecule has 9 heteroatoms. The first-order valence-corrected chi connectivity index (χ1v) is 12.7. The fourth-order valence-electron chi connectivity index (χ4n) is 3.58. The standard InChI is InChI=1S/C22H27N3O4S2/c1-6-18(25(31(5,28)29)17-10-7-15(4)8-11-17)21(26)23-16-9-12-19-20(13-16)30-22(27)24(19)14(2)3/h7-14,18H,6H2,1-5H3,(H,23,26)/t18-/m0/s1. The molecule has 0 radical (unpaired) electrons. The average molecular weight is 462 g/mol. The van der Waals surface area contributed by atoms with Crippen LogP contribution in [0.25, 0.3) is 10.2 Å². The third-order valence-electron chi connectivity index (χ3n) is 5.02. The van der Waals surface area contributed by atoms with E-state index in [0.717, 1.165) is 37.7 Å². The number of nitrogens with one attached hydrogen (secondary N) is 1. The van der Waals surface area contributed by atoms with E-state index in [1.165, 1.54) is 0 Å². The fraction of sp³-hybridized carbons (Fsp3) is 0.364. The van der Waals surface area contributed by atoms with Crippen molar-refractivity contribution < 1.29 is 13.2 Å². The summed E-state index contributed by atoms with van der Waals surface area (Å²) in [4.78, 5) is 25.3. The Balaban J connectivity index is 1.94. The van der Waals surface area contributed by atoms with Gasteiger partial charge in [-0.15, -0.1) is 0 Å². The van der Waals surface area contributed by atoms with E-state index in [-0.39, 0.29) is 10.9 Å². The number of carbonyl (C=O) groups excluding carboxylic acids is 1. The summed E-state index contributed by atoms with van der Waals surface area (Å²) in [6, 6.07) is 11.4. The van der Waals surface area contributed by atoms with Crippen LogP contribution < -0.4 is 14.5 Å². The second-order valence-electron chi connectivity index (χ2n) is 7.82. The van der Waals surface area contributed by atoms with Crippen molar-refractivity contribution in [3.63, 3.8) is 0 Å². The molecule has 0 aliphatic carbocycles. The highest BCUT2D eigenvalue weighted by Crippen LogP contribution is 2.26. The zero-order valence-electron chi connectivity index (χ0n) is 18.2. The Morgan fingerprint density at radius 2 is 1.81 bits per heavy atom. The lowest BCUT2D eigenvalue weighted by Gasteiger charge is -2.30. The molecule has 1 atom stereocenters. The average Bonchev–Trinajstić information content (AvgIpc) is 3.01. The first-order chi connectivity index (χ1) is 14.5. The first kappa shape index (κ1) is 23.0. The molecule has 1 heterocycles. The lowest BCUT2D eigenvalue weighted by molar-refractivity contribution is -0.117. The smallest absolute Gasteiger partial charge is 0.308 e. The quantitative estimate of drug-likeness (QED) is 0.573. The third kappa shape index (κ3) is 4.83. The van der Waals surface area contributed by atoms with Gasteiger partial charge in [0.25, 0.3) is 0 Å². The van der Waals surface area contributed by atoms with Crippen LogP contribution in [0.3, 0.4) is 0 Å². The van der Waals surface area contributed by atoms with Crippen molar-refractivity contribution in [2.75, 3.05) is 15.9 Å². The molecule has 31 heavy (non-hydrogen) atoms. The Morgan fingerprint density at radius 1 is 1.16 bits per heavy atom. The number of hydrogen-bond acceptors (Lipinski definition) is 5. The van der Waals surface area contributed by atoms with E-state index in [4.69, 9.17) is 0 Å². The highest BCUT2D eigenvalue weighted by atomic mass is 32.2. The van der Waals surface area contributed by atoms with Gasteiger partial charge in [-0.2, -0.15) is 0 Å². The van der Waals surface area contributed by atoms with E-state index in [9.17, 15) is 18.0 Å². The maximum absolute atomic E-state index is 13.1. The van der Waals surface area contributed by atoms with E-state index in [0.29, 0.717) is 17.8 Å². The number of nitrogens with zero attached hydrogens (tertiary/aromatic N) is 2. The normalized spacial score (nSPS) is 12.8. The number of aromatic nitrogens is 1. The monoisotopic (exact) mass is 461 g/mol. The molecule has 0 unspecified atom stereocenters. The first-order valence-electron chi connectivity index (χ1n) is 10.0. The minimum Gasteiger partial charge on any atom is -0.324 e. The van der Waals surface area contributed by atoms with E-state index in [1.54, 1.807) is 41.8 Å². The number of benzene rings is 2. The molecule has 0 spiro atoms. The van der Waals surface area contributed by atoms with Gasteiger partial charge in [0.05, 0.1) is 22.2 Å². The second-order valence-corrected chi connectivity index (χ2v) is 10.7. The van der Waals surface area contributed by atoms with Crippen molar-refractivity contribution in [3.05, 3.63) is 57.7 Å². The van der Waals surface area contributed by atoms with Crippen LogP contribution in [0.2, 0.25) is 0 Å². The molecule has 3 rings (SSSR count). The number of sulfonamides is 1. The molecule has 0 bridgehead atoms. The van der Waals surface area contributed by atoms with Crippen molar-refractivity contribution in [2.24, 2.45) is 0 Å². The molecule has 166 valence electrons. The van der Waals surface area contributed by atoms with E-state index in [1.807, 2.05) is 32.9 Å². The summed E-state index contributed by atoms with van der Waals surface area (Å²) in [5.41, 5.74) is 2.77. The molecule has 3 aromatic rings. The summed E-state index contributed by atoms with van der Waals surface area (Å²) in [5.74, 6) is -0.427. The summed E-state index contributed by atoms with van der Waals surface area (Å²) in [6.07, 6.45) is 1.40. The Bertz CT molecular complexity index is 1260. The van der Waals surface area contributed by atoms with Crippen molar-refractivity contribution in [2.45, 2.75) is 46.2 Å². The number of aryl methyl sites for hydroxylation is 1. The molecular formula is C22H27N3O4S2. The maximum atomic E-state index is 13.1. The van der Waals surface area contributed by atoms with E-state index >= 15 is 0 Å². The van der Waals surface area contributed by atoms with Gasteiger partial charge in [0.2, 0.25) is 15.9 Å². The highest BCUT2D eigenvalue weighted by molar-refractivity contribution is 7.92. The van der Waals surface area contributed by atoms with Gasteiger partial charge in [0.1, 0.15) is 6.04 Å². The van der Waals surface area contributed by atoms with Gasteiger partial charge in [0, 0.05) is 11.7 Å². The van der Waals surface area contributed by atoms with Crippen LogP contribution in [0.5, 0.6) is 0 Å². The molecule has 1 aromatic heterocycles. The minimum absolute atomic E-state index is 0.0315. The lowest BCUT2D eigenvalue weighted by Crippen LogP contribution is -2.47. The fourth-order valence-corrected chi connectivity index (χ4v) is 5.84. The number of anilines is 2. The molecule has 2 aromatic carbocycles. The summed E-state index contributed by atoms with van der Waals surface area (Å²) < 4.78 is 28.8. The van der Waals surface area contributed by atoms with Crippen molar-refractivity contribution >= 4 is 48.9 Å². The molecule has 0 saturated carbocycles. The SMILES string of the molecule is CC[C@@H](C(=O)Nc1ccc2c(c1)sc(=O)n2C(C)C)N(c1ccc(C)cc1)S(C)(=O)=O. The zero-order valence-corrected chi connectivity index (χ0v) is 19.9. The molecule has 0 saturated heterocycles. The van der Waals surface area contributed by atoms with Crippen LogP contribution >= 0.6 is 11.3 Å². The summed E-state index contributed by atoms with van der Waals surface area (Å²) >= 11 is 1.12. The van der Waals surface area contributed by atoms with Gasteiger partial charge >= 0.3 is 4.87 Å². The predicted molar refractivity (Wildman–Crippen MR) is 128 cm³/mol. The van der Waals surface area contributed by atoms with Gasteiger partial charge in [-0.25, -0.2) is 8.42 Å². The van der Waals surface area contributed by atoms with Crippen LogP contribution in [0, 0.1) is 6.92 Å². The van der Waals surface area contributed by atoms with Crippen LogP contribution in [0.4, 0.5) is 11.4 Å². The molecule has 7 nitrogen and oxygen atoms in total. The molecule has 0 aliphatic rings. The van der Waals surface area contributed by atoms with Gasteiger partial charge in [-0.3, -0.25) is 18.5 Å². The Kier molecular flexibility index (Phi) is 6.56. The largest absolute Gasteiger partial charge is 0.324 e. The topological polar surface area (TPSA) is 88.5 Å². The number of hydrogen-bond donors (Lipinski definition) is 1. The number of rotatable bonds is 7. The van der Waals surface area contributed by atoms with Gasteiger partial charge in [0.15, 0.2) is 0 Å². The Labute approximate surface area is 186 Å². The summed E-state index contributed by atoms with van der Waals surface area (Å²) in [5, 5.41) is 2.83. The number of amides is 1. The second kappa shape index (κ2) is 8.84. The highest BCUT2D eigenvalue weighted by Gasteiger charge is 2.31. The molecule has 0 fully saturated rings. The summed E-state index contributed by atoms with van der Waals surface area (Å²) in [7, 11) is -3.70. The van der Waals surface area contributed by atoms with Crippen LogP contribution in [0.1, 0.15) is 38.8 Å². The van der Waals surface area contributed by atoms with E-state index in [2.05, 4.69) is 5.32 Å². The van der Waals surface area contributed by atoms with Gasteiger partial charge < -0.3 is 5.32 Å². The van der Waals surface area contributed by atoms with Crippen LogP contribution in [-0.4, -0.2) is 31.2 Å². The minimum atomic E-state index is -3.70. The van der Waals surface area contributed by atoms with Crippen molar-refractivity contribution in [3.8, 4) is 0 Å². The molecule has 1 N–H and O–H groups in total. The molecule has 1 amide bonds. The van der Waals surface area contributed by atoms with Crippen LogP contribution in [-0.2, 0) is 14.8 Å². The van der Waals surface area contributed by atoms with Gasteiger partial charge in [-0.05, 0) is 57.5 Å². The zero-order chi connectivity index (χ0) is 22.9. The summed E-state index contributed by atoms with van der Waals surface area (Å²) in [6.45, 7) is 7.57. The van der Waals surface area contributed by atoms with Crippen molar-refractivity contribution in [1.29, 1.82) is 0 Å². The van der Waals surface area contributed by atoms with Gasteiger partial charge in [-0.1, -0.05) is 36.0 Å².